The van der Waals surface area contributed by atoms with Crippen LogP contribution in [0.4, 0.5) is 17.1 Å². The highest BCUT2D eigenvalue weighted by Crippen LogP contribution is 2.29. The van der Waals surface area contributed by atoms with E-state index in [9.17, 15) is 0 Å². The second-order valence-corrected chi connectivity index (χ2v) is 5.14. The Labute approximate surface area is 114 Å². The van der Waals surface area contributed by atoms with Gasteiger partial charge in [0.2, 0.25) is 0 Å². The number of hydrogen-bond donors (Lipinski definition) is 2. The maximum atomic E-state index is 6.00. The zero-order valence-electron chi connectivity index (χ0n) is 9.30. The minimum atomic E-state index is 0.642. The summed E-state index contributed by atoms with van der Waals surface area (Å²) in [5.41, 5.74) is 9.41. The van der Waals surface area contributed by atoms with Gasteiger partial charge < -0.3 is 11.1 Å². The quantitative estimate of drug-likeness (QED) is 0.786. The highest BCUT2D eigenvalue weighted by Gasteiger charge is 2.04. The highest BCUT2D eigenvalue weighted by molar-refractivity contribution is 9.10. The summed E-state index contributed by atoms with van der Waals surface area (Å²) < 4.78 is 1.04. The van der Waals surface area contributed by atoms with Gasteiger partial charge in [0.15, 0.2) is 0 Å². The van der Waals surface area contributed by atoms with Crippen LogP contribution in [0.15, 0.2) is 40.9 Å². The average Bonchev–Trinajstić information content (AvgIpc) is 2.29. The van der Waals surface area contributed by atoms with E-state index >= 15 is 0 Å². The van der Waals surface area contributed by atoms with Crippen molar-refractivity contribution in [1.82, 2.24) is 0 Å². The van der Waals surface area contributed by atoms with Crippen molar-refractivity contribution in [3.05, 3.63) is 51.5 Å². The van der Waals surface area contributed by atoms with Crippen molar-refractivity contribution in [3.8, 4) is 0 Å². The largest absolute Gasteiger partial charge is 0.397 e. The molecule has 0 spiro atoms. The van der Waals surface area contributed by atoms with Gasteiger partial charge in [0.05, 0.1) is 11.4 Å². The number of nitrogen functional groups attached to an aromatic ring is 1. The van der Waals surface area contributed by atoms with Crippen LogP contribution in [0.3, 0.4) is 0 Å². The molecular weight excluding hydrogens is 300 g/mol. The summed E-state index contributed by atoms with van der Waals surface area (Å²) >= 11 is 9.39. The normalized spacial score (nSPS) is 10.3. The SMILES string of the molecule is Cc1cc(Nc2ccc(Br)cc2)c(N)cc1Cl. The summed E-state index contributed by atoms with van der Waals surface area (Å²) in [5.74, 6) is 0. The van der Waals surface area contributed by atoms with E-state index in [1.807, 2.05) is 37.3 Å². The first-order chi connectivity index (χ1) is 8.06. The van der Waals surface area contributed by atoms with E-state index < -0.39 is 0 Å². The predicted molar refractivity (Wildman–Crippen MR) is 78.0 cm³/mol. The van der Waals surface area contributed by atoms with Crippen LogP contribution < -0.4 is 11.1 Å². The van der Waals surface area contributed by atoms with Crippen LogP contribution in [0.25, 0.3) is 0 Å². The Morgan fingerprint density at radius 2 is 1.82 bits per heavy atom. The molecule has 0 saturated carbocycles. The lowest BCUT2D eigenvalue weighted by atomic mass is 10.2. The highest BCUT2D eigenvalue weighted by atomic mass is 79.9. The van der Waals surface area contributed by atoms with Gasteiger partial charge in [-0.05, 0) is 48.9 Å². The summed E-state index contributed by atoms with van der Waals surface area (Å²) in [5, 5.41) is 3.95. The first-order valence-electron chi connectivity index (χ1n) is 5.14. The van der Waals surface area contributed by atoms with Crippen molar-refractivity contribution < 1.29 is 0 Å². The summed E-state index contributed by atoms with van der Waals surface area (Å²) in [6.07, 6.45) is 0. The topological polar surface area (TPSA) is 38.0 Å². The fourth-order valence-electron chi connectivity index (χ4n) is 1.49. The maximum Gasteiger partial charge on any atom is 0.0621 e. The van der Waals surface area contributed by atoms with E-state index in [2.05, 4.69) is 21.2 Å². The van der Waals surface area contributed by atoms with E-state index in [1.165, 1.54) is 0 Å². The summed E-state index contributed by atoms with van der Waals surface area (Å²) in [4.78, 5) is 0. The number of hydrogen-bond acceptors (Lipinski definition) is 2. The molecule has 2 rings (SSSR count). The Bertz CT molecular complexity index is 538. The molecular formula is C13H12BrClN2. The molecule has 3 N–H and O–H groups in total. The molecule has 4 heteroatoms. The van der Waals surface area contributed by atoms with Gasteiger partial charge in [-0.25, -0.2) is 0 Å². The number of halogens is 2. The minimum absolute atomic E-state index is 0.642. The Hall–Kier alpha value is -1.19. The molecule has 0 aliphatic heterocycles. The first kappa shape index (κ1) is 12.3. The van der Waals surface area contributed by atoms with Crippen LogP contribution in [0.2, 0.25) is 5.02 Å². The standard InChI is InChI=1S/C13H12BrClN2/c1-8-6-13(12(16)7-11(8)15)17-10-4-2-9(14)3-5-10/h2-7,17H,16H2,1H3. The molecule has 0 heterocycles. The zero-order chi connectivity index (χ0) is 12.4. The number of nitrogens with two attached hydrogens (primary N) is 1. The number of rotatable bonds is 2. The lowest BCUT2D eigenvalue weighted by Crippen LogP contribution is -1.97. The lowest BCUT2D eigenvalue weighted by molar-refractivity contribution is 1.45. The van der Waals surface area contributed by atoms with Gasteiger partial charge in [-0.15, -0.1) is 0 Å². The molecule has 2 aromatic rings. The third-order valence-electron chi connectivity index (χ3n) is 2.45. The molecule has 0 amide bonds. The summed E-state index contributed by atoms with van der Waals surface area (Å²) in [6, 6.07) is 11.6. The molecule has 2 aromatic carbocycles. The second-order valence-electron chi connectivity index (χ2n) is 3.82. The van der Waals surface area contributed by atoms with Crippen LogP contribution >= 0.6 is 27.5 Å². The maximum absolute atomic E-state index is 6.00. The van der Waals surface area contributed by atoms with E-state index in [0.717, 1.165) is 21.4 Å². The molecule has 0 aromatic heterocycles. The number of nitrogens with one attached hydrogen (secondary N) is 1. The van der Waals surface area contributed by atoms with Crippen LogP contribution in [0.5, 0.6) is 0 Å². The van der Waals surface area contributed by atoms with Crippen molar-refractivity contribution in [1.29, 1.82) is 0 Å². The fraction of sp³-hybridized carbons (Fsp3) is 0.0769. The third kappa shape index (κ3) is 2.93. The minimum Gasteiger partial charge on any atom is -0.397 e. The first-order valence-corrected chi connectivity index (χ1v) is 6.31. The molecule has 0 aliphatic carbocycles. The van der Waals surface area contributed by atoms with Crippen molar-refractivity contribution in [2.24, 2.45) is 0 Å². The molecule has 88 valence electrons. The van der Waals surface area contributed by atoms with Crippen LogP contribution in [0, 0.1) is 6.92 Å². The molecule has 0 aliphatic rings. The van der Waals surface area contributed by atoms with Crippen molar-refractivity contribution >= 4 is 44.6 Å². The lowest BCUT2D eigenvalue weighted by Gasteiger charge is -2.11. The molecule has 0 fully saturated rings. The number of benzene rings is 2. The van der Waals surface area contributed by atoms with Gasteiger partial charge in [-0.2, -0.15) is 0 Å². The molecule has 0 saturated heterocycles. The molecule has 0 unspecified atom stereocenters. The van der Waals surface area contributed by atoms with Gasteiger partial charge >= 0.3 is 0 Å². The molecule has 0 bridgehead atoms. The molecule has 0 atom stereocenters. The predicted octanol–water partition coefficient (Wildman–Crippen LogP) is 4.74. The molecule has 0 radical (unpaired) electrons. The Balaban J connectivity index is 2.30. The van der Waals surface area contributed by atoms with Gasteiger partial charge in [-0.1, -0.05) is 27.5 Å². The molecule has 2 nitrogen and oxygen atoms in total. The second kappa shape index (κ2) is 4.98. The van der Waals surface area contributed by atoms with Crippen molar-refractivity contribution in [2.75, 3.05) is 11.1 Å². The van der Waals surface area contributed by atoms with Crippen LogP contribution in [-0.2, 0) is 0 Å². The van der Waals surface area contributed by atoms with Gasteiger partial charge in [0.25, 0.3) is 0 Å². The number of aryl methyl sites for hydroxylation is 1. The van der Waals surface area contributed by atoms with E-state index in [1.54, 1.807) is 6.07 Å². The zero-order valence-corrected chi connectivity index (χ0v) is 11.6. The van der Waals surface area contributed by atoms with E-state index in [-0.39, 0.29) is 0 Å². The van der Waals surface area contributed by atoms with Crippen LogP contribution in [0.1, 0.15) is 5.56 Å². The van der Waals surface area contributed by atoms with E-state index in [0.29, 0.717) is 10.7 Å². The van der Waals surface area contributed by atoms with Crippen LogP contribution in [-0.4, -0.2) is 0 Å². The Morgan fingerprint density at radius 3 is 2.47 bits per heavy atom. The monoisotopic (exact) mass is 310 g/mol. The van der Waals surface area contributed by atoms with Crippen molar-refractivity contribution in [3.63, 3.8) is 0 Å². The number of anilines is 3. The van der Waals surface area contributed by atoms with E-state index in [4.69, 9.17) is 17.3 Å². The smallest absolute Gasteiger partial charge is 0.0621 e. The van der Waals surface area contributed by atoms with Gasteiger partial charge in [0.1, 0.15) is 0 Å². The molecule has 17 heavy (non-hydrogen) atoms. The summed E-state index contributed by atoms with van der Waals surface area (Å²) in [6.45, 7) is 1.95. The Morgan fingerprint density at radius 1 is 1.18 bits per heavy atom. The van der Waals surface area contributed by atoms with Gasteiger partial charge in [0, 0.05) is 15.2 Å². The summed E-state index contributed by atoms with van der Waals surface area (Å²) in [7, 11) is 0. The Kier molecular flexibility index (Phi) is 3.60. The third-order valence-corrected chi connectivity index (χ3v) is 3.39. The van der Waals surface area contributed by atoms with Gasteiger partial charge in [-0.3, -0.25) is 0 Å². The average molecular weight is 312 g/mol. The van der Waals surface area contributed by atoms with Crippen molar-refractivity contribution in [2.45, 2.75) is 6.92 Å². The fourth-order valence-corrected chi connectivity index (χ4v) is 1.93.